The minimum absolute atomic E-state index is 0.0625. The zero-order chi connectivity index (χ0) is 6.57. The molecule has 0 aliphatic rings. The van der Waals surface area contributed by atoms with E-state index in [1.165, 1.54) is 7.05 Å². The van der Waals surface area contributed by atoms with Crippen molar-refractivity contribution in [1.82, 2.24) is 0 Å². The van der Waals surface area contributed by atoms with Gasteiger partial charge in [0, 0.05) is 7.05 Å². The van der Waals surface area contributed by atoms with Gasteiger partial charge in [-0.15, -0.1) is 0 Å². The fourth-order valence-corrected chi connectivity index (χ4v) is 0.181. The molecule has 0 radical (unpaired) electrons. The van der Waals surface area contributed by atoms with Gasteiger partial charge < -0.3 is 17.3 Å². The van der Waals surface area contributed by atoms with Gasteiger partial charge in [-0.05, 0) is 0 Å². The molecule has 0 aliphatic carbocycles. The lowest BCUT2D eigenvalue weighted by atomic mass is 10.6. The Labute approximate surface area is 47.2 Å². The summed E-state index contributed by atoms with van der Waals surface area (Å²) in [6, 6.07) is 0. The molecule has 0 saturated heterocycles. The van der Waals surface area contributed by atoms with Gasteiger partial charge in [0.25, 0.3) is 0 Å². The molecule has 0 bridgehead atoms. The van der Waals surface area contributed by atoms with E-state index in [0.717, 1.165) is 0 Å². The molecule has 0 spiro atoms. The predicted octanol–water partition coefficient (Wildman–Crippen LogP) is -1.80. The van der Waals surface area contributed by atoms with E-state index in [-0.39, 0.29) is 11.7 Å². The van der Waals surface area contributed by atoms with Crippen LogP contribution < -0.4 is 17.3 Å². The van der Waals surface area contributed by atoms with E-state index >= 15 is 0 Å². The van der Waals surface area contributed by atoms with E-state index in [1.54, 1.807) is 0 Å². The summed E-state index contributed by atoms with van der Waals surface area (Å²) < 4.78 is 0. The van der Waals surface area contributed by atoms with Gasteiger partial charge in [0.15, 0.2) is 11.7 Å². The summed E-state index contributed by atoms with van der Waals surface area (Å²) in [7, 11) is 1.51. The molecule has 0 unspecified atom stereocenters. The van der Waals surface area contributed by atoms with Crippen molar-refractivity contribution in [2.24, 2.45) is 27.4 Å². The number of nitrogens with zero attached hydrogens (tertiary/aromatic N) is 2. The highest BCUT2D eigenvalue weighted by molar-refractivity contribution is 6.39. The fraction of sp³-hybridized carbons (Fsp3) is 0.333. The molecule has 8 heavy (non-hydrogen) atoms. The molecule has 0 amide bonds. The van der Waals surface area contributed by atoms with Crippen LogP contribution in [0.4, 0.5) is 0 Å². The summed E-state index contributed by atoms with van der Waals surface area (Å²) in [5.41, 5.74) is 10.2. The molecule has 0 rings (SSSR count). The summed E-state index contributed by atoms with van der Waals surface area (Å²) in [5, 5.41) is 3.10. The van der Waals surface area contributed by atoms with Crippen LogP contribution in [0.1, 0.15) is 0 Å². The lowest BCUT2D eigenvalue weighted by Gasteiger charge is -1.92. The van der Waals surface area contributed by atoms with Gasteiger partial charge in [-0.3, -0.25) is 4.99 Å². The Morgan fingerprint density at radius 2 is 1.75 bits per heavy atom. The summed E-state index contributed by atoms with van der Waals surface area (Å²) >= 11 is 0. The van der Waals surface area contributed by atoms with Crippen molar-refractivity contribution in [3.05, 3.63) is 0 Å². The molecule has 0 atom stereocenters. The average molecular weight is 115 g/mol. The first-order valence-corrected chi connectivity index (χ1v) is 1.98. The molecule has 46 valence electrons. The number of hydrazone groups is 1. The van der Waals surface area contributed by atoms with Crippen LogP contribution in [0.2, 0.25) is 0 Å². The van der Waals surface area contributed by atoms with Gasteiger partial charge in [-0.2, -0.15) is 5.10 Å². The predicted molar refractivity (Wildman–Crippen MR) is 33.4 cm³/mol. The molecule has 0 heterocycles. The fourth-order valence-electron chi connectivity index (χ4n) is 0.181. The Morgan fingerprint density at radius 3 is 1.88 bits per heavy atom. The van der Waals surface area contributed by atoms with Crippen LogP contribution in [-0.2, 0) is 0 Å². The minimum atomic E-state index is 0.0625. The maximum absolute atomic E-state index is 5.14. The van der Waals surface area contributed by atoms with E-state index in [9.17, 15) is 0 Å². The van der Waals surface area contributed by atoms with Crippen LogP contribution in [-0.4, -0.2) is 18.7 Å². The Bertz CT molecular complexity index is 108. The van der Waals surface area contributed by atoms with Crippen molar-refractivity contribution in [3.8, 4) is 0 Å². The molecule has 0 fully saturated rings. The molecule has 5 nitrogen and oxygen atoms in total. The van der Waals surface area contributed by atoms with Crippen molar-refractivity contribution in [2.75, 3.05) is 7.05 Å². The number of hydrogen-bond donors (Lipinski definition) is 3. The van der Waals surface area contributed by atoms with Crippen LogP contribution in [0.5, 0.6) is 0 Å². The first-order chi connectivity index (χ1) is 3.72. The topological polar surface area (TPSA) is 103 Å². The zero-order valence-corrected chi connectivity index (χ0v) is 4.63. The largest absolute Gasteiger partial charge is 0.381 e. The molecular weight excluding hydrogens is 106 g/mol. The van der Waals surface area contributed by atoms with E-state index in [2.05, 4.69) is 10.1 Å². The van der Waals surface area contributed by atoms with Gasteiger partial charge >= 0.3 is 0 Å². The van der Waals surface area contributed by atoms with Gasteiger partial charge in [0.2, 0.25) is 0 Å². The summed E-state index contributed by atoms with van der Waals surface area (Å²) in [5.74, 6) is 4.97. The van der Waals surface area contributed by atoms with Gasteiger partial charge in [-0.1, -0.05) is 0 Å². The Kier molecular flexibility index (Phi) is 2.39. The molecule has 0 aromatic rings. The maximum atomic E-state index is 5.14. The van der Waals surface area contributed by atoms with Crippen LogP contribution >= 0.6 is 0 Å². The molecule has 0 aromatic heterocycles. The monoisotopic (exact) mass is 115 g/mol. The number of rotatable bonds is 0. The second kappa shape index (κ2) is 2.84. The van der Waals surface area contributed by atoms with E-state index in [4.69, 9.17) is 17.3 Å². The minimum Gasteiger partial charge on any atom is -0.381 e. The first-order valence-electron chi connectivity index (χ1n) is 1.98. The number of nitrogens with two attached hydrogens (primary N) is 3. The molecule has 0 aliphatic heterocycles. The lowest BCUT2D eigenvalue weighted by Crippen LogP contribution is -2.32. The van der Waals surface area contributed by atoms with Crippen LogP contribution in [0.25, 0.3) is 0 Å². The van der Waals surface area contributed by atoms with E-state index in [0.29, 0.717) is 0 Å². The smallest absolute Gasteiger partial charge is 0.185 e. The second-order valence-electron chi connectivity index (χ2n) is 1.12. The van der Waals surface area contributed by atoms with Crippen molar-refractivity contribution >= 4 is 11.7 Å². The molecule has 0 saturated carbocycles. The van der Waals surface area contributed by atoms with Crippen molar-refractivity contribution in [2.45, 2.75) is 0 Å². The third kappa shape index (κ3) is 1.46. The SMILES string of the molecule is CN=C(N)/C(N)=N/N. The molecular formula is C3H9N5. The Hall–Kier alpha value is -1.26. The third-order valence-corrected chi connectivity index (χ3v) is 0.642. The average Bonchev–Trinajstić information content (AvgIpc) is 1.84. The number of amidine groups is 2. The molecule has 0 aromatic carbocycles. The number of hydrogen-bond acceptors (Lipinski definition) is 3. The maximum Gasteiger partial charge on any atom is 0.185 e. The standard InChI is InChI=1S/C3H9N5/c1-7-2(4)3(5)8-6/h6H2,1H3,(H2,4,7)(H2,5,8). The van der Waals surface area contributed by atoms with Gasteiger partial charge in [0.1, 0.15) is 0 Å². The highest BCUT2D eigenvalue weighted by atomic mass is 15.2. The second-order valence-corrected chi connectivity index (χ2v) is 1.12. The first kappa shape index (κ1) is 6.74. The van der Waals surface area contributed by atoms with Crippen LogP contribution in [0.15, 0.2) is 10.1 Å². The quantitative estimate of drug-likeness (QED) is 0.150. The normalized spacial score (nSPS) is 14.1. The van der Waals surface area contributed by atoms with Crippen LogP contribution in [0, 0.1) is 0 Å². The van der Waals surface area contributed by atoms with Crippen LogP contribution in [0.3, 0.4) is 0 Å². The highest BCUT2D eigenvalue weighted by Gasteiger charge is 1.92. The van der Waals surface area contributed by atoms with E-state index < -0.39 is 0 Å². The van der Waals surface area contributed by atoms with E-state index in [1.807, 2.05) is 0 Å². The summed E-state index contributed by atoms with van der Waals surface area (Å²) in [4.78, 5) is 3.52. The van der Waals surface area contributed by atoms with Crippen molar-refractivity contribution in [1.29, 1.82) is 0 Å². The Morgan fingerprint density at radius 1 is 1.25 bits per heavy atom. The molecule has 5 heteroatoms. The Balaban J connectivity index is 4.04. The van der Waals surface area contributed by atoms with Gasteiger partial charge in [-0.25, -0.2) is 0 Å². The van der Waals surface area contributed by atoms with Crippen molar-refractivity contribution in [3.63, 3.8) is 0 Å². The zero-order valence-electron chi connectivity index (χ0n) is 4.63. The summed E-state index contributed by atoms with van der Waals surface area (Å²) in [6.45, 7) is 0. The van der Waals surface area contributed by atoms with Gasteiger partial charge in [0.05, 0.1) is 0 Å². The highest BCUT2D eigenvalue weighted by Crippen LogP contribution is 1.62. The van der Waals surface area contributed by atoms with Crippen molar-refractivity contribution < 1.29 is 0 Å². The molecule has 6 N–H and O–H groups in total. The lowest BCUT2D eigenvalue weighted by molar-refractivity contribution is 1.23. The third-order valence-electron chi connectivity index (χ3n) is 0.642. The number of aliphatic imine (C=N–C) groups is 1. The summed E-state index contributed by atoms with van der Waals surface area (Å²) in [6.07, 6.45) is 0.